The van der Waals surface area contributed by atoms with Crippen molar-refractivity contribution in [3.8, 4) is 0 Å². The minimum absolute atomic E-state index is 0.214. The third kappa shape index (κ3) is 4.92. The van der Waals surface area contributed by atoms with Crippen molar-refractivity contribution in [2.45, 2.75) is 13.1 Å². The Balaban J connectivity index is 1.44. The zero-order chi connectivity index (χ0) is 21.1. The molecule has 30 heavy (non-hydrogen) atoms. The molecular formula is C21H16BrCl2N5O. The first kappa shape index (κ1) is 20.7. The lowest BCUT2D eigenvalue weighted by atomic mass is 10.1. The number of nitrogens with zero attached hydrogens (tertiary/aromatic N) is 4. The Hall–Kier alpha value is -2.61. The van der Waals surface area contributed by atoms with Gasteiger partial charge in [-0.1, -0.05) is 41.4 Å². The Bertz CT molecular complexity index is 1180. The number of rotatable bonds is 6. The maximum absolute atomic E-state index is 12.7. The molecule has 0 saturated carbocycles. The van der Waals surface area contributed by atoms with Crippen molar-refractivity contribution >= 4 is 50.7 Å². The van der Waals surface area contributed by atoms with Crippen molar-refractivity contribution in [3.05, 3.63) is 98.5 Å². The van der Waals surface area contributed by atoms with Crippen LogP contribution < -0.4 is 5.32 Å². The molecule has 0 aliphatic carbocycles. The summed E-state index contributed by atoms with van der Waals surface area (Å²) in [4.78, 5) is 12.7. The molecule has 0 aliphatic heterocycles. The van der Waals surface area contributed by atoms with Crippen molar-refractivity contribution in [1.29, 1.82) is 0 Å². The van der Waals surface area contributed by atoms with Crippen LogP contribution in [0.1, 0.15) is 21.5 Å². The van der Waals surface area contributed by atoms with Crippen LogP contribution in [0.15, 0.2) is 71.7 Å². The number of hydrogen-bond acceptors (Lipinski definition) is 3. The predicted octanol–water partition coefficient (Wildman–Crippen LogP) is 5.50. The topological polar surface area (TPSA) is 64.7 Å². The molecule has 2 heterocycles. The molecule has 4 rings (SSSR count). The van der Waals surface area contributed by atoms with Crippen LogP contribution in [-0.2, 0) is 13.1 Å². The first-order chi connectivity index (χ1) is 14.5. The van der Waals surface area contributed by atoms with Gasteiger partial charge in [0, 0.05) is 33.6 Å². The lowest BCUT2D eigenvalue weighted by molar-refractivity contribution is 0.102. The van der Waals surface area contributed by atoms with Crippen LogP contribution in [0.25, 0.3) is 0 Å². The zero-order valence-corrected chi connectivity index (χ0v) is 18.7. The first-order valence-corrected chi connectivity index (χ1v) is 10.6. The lowest BCUT2D eigenvalue weighted by Crippen LogP contribution is -2.12. The van der Waals surface area contributed by atoms with Crippen LogP contribution in [0, 0.1) is 0 Å². The second-order valence-electron chi connectivity index (χ2n) is 6.64. The Kier molecular flexibility index (Phi) is 6.22. The third-order valence-corrected chi connectivity index (χ3v) is 5.53. The van der Waals surface area contributed by atoms with Gasteiger partial charge in [-0.3, -0.25) is 14.2 Å². The molecule has 0 spiro atoms. The summed E-state index contributed by atoms with van der Waals surface area (Å²) in [7, 11) is 0. The van der Waals surface area contributed by atoms with E-state index in [4.69, 9.17) is 23.2 Å². The highest BCUT2D eigenvalue weighted by molar-refractivity contribution is 9.10. The fourth-order valence-electron chi connectivity index (χ4n) is 2.99. The van der Waals surface area contributed by atoms with Crippen molar-refractivity contribution in [2.24, 2.45) is 0 Å². The van der Waals surface area contributed by atoms with Crippen LogP contribution >= 0.6 is 39.1 Å². The molecule has 0 bridgehead atoms. The van der Waals surface area contributed by atoms with Gasteiger partial charge < -0.3 is 5.32 Å². The van der Waals surface area contributed by atoms with E-state index < -0.39 is 0 Å². The summed E-state index contributed by atoms with van der Waals surface area (Å²) < 4.78 is 4.38. The second-order valence-corrected chi connectivity index (χ2v) is 8.37. The summed E-state index contributed by atoms with van der Waals surface area (Å²) in [5, 5.41) is 12.5. The summed E-state index contributed by atoms with van der Waals surface area (Å²) in [6.07, 6.45) is 6.94. The molecule has 152 valence electrons. The SMILES string of the molecule is O=C(Nc1cnn(Cc2c(Cl)cccc2Cl)c1)c1cccc(Cn2cc(Br)cn2)c1. The maximum atomic E-state index is 12.7. The van der Waals surface area contributed by atoms with Crippen molar-refractivity contribution in [2.75, 3.05) is 5.32 Å². The average Bonchev–Trinajstić information content (AvgIpc) is 3.33. The Morgan fingerprint density at radius 2 is 1.67 bits per heavy atom. The van der Waals surface area contributed by atoms with E-state index in [9.17, 15) is 4.79 Å². The van der Waals surface area contributed by atoms with E-state index in [-0.39, 0.29) is 5.91 Å². The number of benzene rings is 2. The number of amides is 1. The fraction of sp³-hybridized carbons (Fsp3) is 0.0952. The number of nitrogens with one attached hydrogen (secondary N) is 1. The van der Waals surface area contributed by atoms with Gasteiger partial charge in [0.2, 0.25) is 0 Å². The number of carbonyl (C=O) groups excluding carboxylic acids is 1. The summed E-state index contributed by atoms with van der Waals surface area (Å²) in [6.45, 7) is 0.979. The van der Waals surface area contributed by atoms with E-state index in [1.54, 1.807) is 52.2 Å². The molecule has 6 nitrogen and oxygen atoms in total. The third-order valence-electron chi connectivity index (χ3n) is 4.41. The average molecular weight is 505 g/mol. The van der Waals surface area contributed by atoms with Gasteiger partial charge in [0.1, 0.15) is 0 Å². The van der Waals surface area contributed by atoms with Crippen LogP contribution in [0.3, 0.4) is 0 Å². The molecule has 0 fully saturated rings. The first-order valence-electron chi connectivity index (χ1n) is 9.01. The Morgan fingerprint density at radius 1 is 0.967 bits per heavy atom. The molecule has 2 aromatic carbocycles. The van der Waals surface area contributed by atoms with Crippen LogP contribution in [0.2, 0.25) is 10.0 Å². The second kappa shape index (κ2) is 9.04. The number of halogens is 3. The predicted molar refractivity (Wildman–Crippen MR) is 121 cm³/mol. The van der Waals surface area contributed by atoms with E-state index in [0.717, 1.165) is 15.6 Å². The fourth-order valence-corrected chi connectivity index (χ4v) is 3.83. The smallest absolute Gasteiger partial charge is 0.255 e. The number of hydrogen-bond donors (Lipinski definition) is 1. The molecule has 0 radical (unpaired) electrons. The van der Waals surface area contributed by atoms with Crippen molar-refractivity contribution in [1.82, 2.24) is 19.6 Å². The molecule has 2 aromatic heterocycles. The van der Waals surface area contributed by atoms with Crippen LogP contribution in [0.5, 0.6) is 0 Å². The lowest BCUT2D eigenvalue weighted by Gasteiger charge is -2.07. The molecule has 4 aromatic rings. The van der Waals surface area contributed by atoms with E-state index in [0.29, 0.717) is 34.4 Å². The number of anilines is 1. The molecule has 0 atom stereocenters. The Labute approximate surface area is 191 Å². The standard InChI is InChI=1S/C21H16BrCl2N5O/c22-16-8-25-28(11-16)10-14-3-1-4-15(7-14)21(30)27-17-9-26-29(12-17)13-18-19(23)5-2-6-20(18)24/h1-9,11-12H,10,13H2,(H,27,30). The van der Waals surface area contributed by atoms with E-state index in [1.807, 2.05) is 24.4 Å². The van der Waals surface area contributed by atoms with Gasteiger partial charge in [0.25, 0.3) is 5.91 Å². The summed E-state index contributed by atoms with van der Waals surface area (Å²) in [6, 6.07) is 12.8. The van der Waals surface area contributed by atoms with Gasteiger partial charge >= 0.3 is 0 Å². The van der Waals surface area contributed by atoms with Gasteiger partial charge in [-0.15, -0.1) is 0 Å². The van der Waals surface area contributed by atoms with Gasteiger partial charge in [-0.2, -0.15) is 10.2 Å². The zero-order valence-electron chi connectivity index (χ0n) is 15.6. The summed E-state index contributed by atoms with van der Waals surface area (Å²) in [5.74, 6) is -0.214. The highest BCUT2D eigenvalue weighted by Gasteiger charge is 2.11. The summed E-state index contributed by atoms with van der Waals surface area (Å²) in [5.41, 5.74) is 2.90. The molecule has 0 aliphatic rings. The molecule has 0 saturated heterocycles. The molecule has 9 heteroatoms. The highest BCUT2D eigenvalue weighted by atomic mass is 79.9. The molecule has 1 amide bonds. The van der Waals surface area contributed by atoms with Gasteiger partial charge in [-0.25, -0.2) is 0 Å². The van der Waals surface area contributed by atoms with Crippen LogP contribution in [-0.4, -0.2) is 25.5 Å². The molecular weight excluding hydrogens is 489 g/mol. The quantitative estimate of drug-likeness (QED) is 0.377. The van der Waals surface area contributed by atoms with Gasteiger partial charge in [-0.05, 0) is 45.8 Å². The summed E-state index contributed by atoms with van der Waals surface area (Å²) >= 11 is 15.8. The van der Waals surface area contributed by atoms with Crippen LogP contribution in [0.4, 0.5) is 5.69 Å². The van der Waals surface area contributed by atoms with E-state index in [1.165, 1.54) is 0 Å². The molecule has 1 N–H and O–H groups in total. The Morgan fingerprint density at radius 3 is 2.40 bits per heavy atom. The minimum atomic E-state index is -0.214. The van der Waals surface area contributed by atoms with Crippen molar-refractivity contribution < 1.29 is 4.79 Å². The number of carbonyl (C=O) groups is 1. The van der Waals surface area contributed by atoms with Gasteiger partial charge in [0.15, 0.2) is 0 Å². The highest BCUT2D eigenvalue weighted by Crippen LogP contribution is 2.25. The van der Waals surface area contributed by atoms with Crippen molar-refractivity contribution in [3.63, 3.8) is 0 Å². The van der Waals surface area contributed by atoms with E-state index >= 15 is 0 Å². The maximum Gasteiger partial charge on any atom is 0.255 e. The van der Waals surface area contributed by atoms with Gasteiger partial charge in [0.05, 0.1) is 35.6 Å². The monoisotopic (exact) mass is 503 g/mol. The van der Waals surface area contributed by atoms with E-state index in [2.05, 4.69) is 31.4 Å². The minimum Gasteiger partial charge on any atom is -0.319 e. The normalized spacial score (nSPS) is 10.9. The molecule has 0 unspecified atom stereocenters. The number of aromatic nitrogens is 4. The largest absolute Gasteiger partial charge is 0.319 e.